The maximum absolute atomic E-state index is 12.8. The third-order valence-electron chi connectivity index (χ3n) is 2.70. The lowest BCUT2D eigenvalue weighted by Crippen LogP contribution is -2.12. The minimum Gasteiger partial charge on any atom is -0.321 e. The van der Waals surface area contributed by atoms with E-state index < -0.39 is 0 Å². The van der Waals surface area contributed by atoms with Gasteiger partial charge < -0.3 is 5.32 Å². The molecule has 0 saturated heterocycles. The molecule has 1 aromatic carbocycles. The number of aromatic amines is 1. The fourth-order valence-electron chi connectivity index (χ4n) is 1.72. The van der Waals surface area contributed by atoms with Crippen molar-refractivity contribution < 1.29 is 9.18 Å². The van der Waals surface area contributed by atoms with Gasteiger partial charge in [0.1, 0.15) is 5.82 Å². The van der Waals surface area contributed by atoms with Crippen molar-refractivity contribution in [1.82, 2.24) is 10.2 Å². The van der Waals surface area contributed by atoms with Crippen LogP contribution in [-0.2, 0) is 0 Å². The van der Waals surface area contributed by atoms with Crippen LogP contribution in [0.3, 0.4) is 0 Å². The minimum atomic E-state index is -0.345. The molecule has 4 nitrogen and oxygen atoms in total. The number of carbonyl (C=O) groups is 1. The summed E-state index contributed by atoms with van der Waals surface area (Å²) in [6.07, 6.45) is 0. The minimum absolute atomic E-state index is 0.290. The molecule has 0 aliphatic rings. The summed E-state index contributed by atoms with van der Waals surface area (Å²) in [5.74, 6) is -0.682. The highest BCUT2D eigenvalue weighted by atomic mass is 32.1. The third kappa shape index (κ3) is 2.60. The van der Waals surface area contributed by atoms with Crippen molar-refractivity contribution in [3.8, 4) is 10.6 Å². The largest absolute Gasteiger partial charge is 0.321 e. The highest BCUT2D eigenvalue weighted by molar-refractivity contribution is 7.13. The Morgan fingerprint density at radius 2 is 2.05 bits per heavy atom. The van der Waals surface area contributed by atoms with E-state index in [4.69, 9.17) is 0 Å². The highest BCUT2D eigenvalue weighted by Gasteiger charge is 2.12. The molecule has 100 valence electrons. The second kappa shape index (κ2) is 5.26. The van der Waals surface area contributed by atoms with Crippen LogP contribution in [0.1, 0.15) is 10.5 Å². The summed E-state index contributed by atoms with van der Waals surface area (Å²) in [7, 11) is 0. The lowest BCUT2D eigenvalue weighted by Gasteiger charge is -2.01. The monoisotopic (exact) mass is 287 g/mol. The van der Waals surface area contributed by atoms with Gasteiger partial charge in [0.05, 0.1) is 10.6 Å². The molecule has 6 heteroatoms. The number of aromatic nitrogens is 2. The molecule has 3 rings (SSSR count). The molecule has 0 saturated carbocycles. The summed E-state index contributed by atoms with van der Waals surface area (Å²) >= 11 is 1.56. The first-order valence-electron chi connectivity index (χ1n) is 5.88. The molecular weight excluding hydrogens is 277 g/mol. The van der Waals surface area contributed by atoms with Gasteiger partial charge in [0, 0.05) is 5.69 Å². The summed E-state index contributed by atoms with van der Waals surface area (Å²) in [5, 5.41) is 11.4. The SMILES string of the molecule is O=C(Nc1ccc(F)cc1)c1cc(-c2cccs2)[nH]n1. The molecule has 2 N–H and O–H groups in total. The van der Waals surface area contributed by atoms with Gasteiger partial charge in [-0.1, -0.05) is 6.07 Å². The van der Waals surface area contributed by atoms with Crippen molar-refractivity contribution in [2.24, 2.45) is 0 Å². The molecule has 0 bridgehead atoms. The first-order valence-corrected chi connectivity index (χ1v) is 6.76. The molecule has 3 aromatic rings. The summed E-state index contributed by atoms with van der Waals surface area (Å²) in [6, 6.07) is 11.1. The predicted molar refractivity (Wildman–Crippen MR) is 76.3 cm³/mol. The van der Waals surface area contributed by atoms with Crippen LogP contribution in [0.25, 0.3) is 10.6 Å². The number of H-pyrrole nitrogens is 1. The van der Waals surface area contributed by atoms with Crippen LogP contribution >= 0.6 is 11.3 Å². The smallest absolute Gasteiger partial charge is 0.276 e. The normalized spacial score (nSPS) is 10.4. The average molecular weight is 287 g/mol. The quantitative estimate of drug-likeness (QED) is 0.774. The second-order valence-corrected chi connectivity index (χ2v) is 5.05. The Morgan fingerprint density at radius 1 is 1.25 bits per heavy atom. The number of hydrogen-bond acceptors (Lipinski definition) is 3. The Morgan fingerprint density at radius 3 is 2.75 bits per heavy atom. The number of benzene rings is 1. The number of nitrogens with zero attached hydrogens (tertiary/aromatic N) is 1. The Kier molecular flexibility index (Phi) is 3.30. The van der Waals surface area contributed by atoms with E-state index in [1.54, 1.807) is 17.4 Å². The number of thiophene rings is 1. The van der Waals surface area contributed by atoms with Crippen molar-refractivity contribution in [3.63, 3.8) is 0 Å². The van der Waals surface area contributed by atoms with E-state index in [0.29, 0.717) is 5.69 Å². The van der Waals surface area contributed by atoms with E-state index in [-0.39, 0.29) is 17.4 Å². The lowest BCUT2D eigenvalue weighted by atomic mass is 10.2. The van der Waals surface area contributed by atoms with E-state index >= 15 is 0 Å². The summed E-state index contributed by atoms with van der Waals surface area (Å²) in [5.41, 5.74) is 1.61. The van der Waals surface area contributed by atoms with Crippen molar-refractivity contribution >= 4 is 22.9 Å². The molecule has 0 aliphatic carbocycles. The molecule has 0 fully saturated rings. The van der Waals surface area contributed by atoms with E-state index in [0.717, 1.165) is 10.6 Å². The van der Waals surface area contributed by atoms with E-state index in [1.165, 1.54) is 24.3 Å². The van der Waals surface area contributed by atoms with Gasteiger partial charge in [0.25, 0.3) is 5.91 Å². The highest BCUT2D eigenvalue weighted by Crippen LogP contribution is 2.23. The van der Waals surface area contributed by atoms with Crippen LogP contribution in [0.2, 0.25) is 0 Å². The topological polar surface area (TPSA) is 57.8 Å². The molecule has 0 aliphatic heterocycles. The first kappa shape index (κ1) is 12.6. The van der Waals surface area contributed by atoms with Crippen LogP contribution in [0.4, 0.5) is 10.1 Å². The summed E-state index contributed by atoms with van der Waals surface area (Å²) < 4.78 is 12.8. The van der Waals surface area contributed by atoms with E-state index in [9.17, 15) is 9.18 Å². The molecule has 0 spiro atoms. The standard InChI is InChI=1S/C14H10FN3OS/c15-9-3-5-10(6-4-9)16-14(19)12-8-11(17-18-12)13-2-1-7-20-13/h1-8H,(H,16,19)(H,17,18). The van der Waals surface area contributed by atoms with Crippen LogP contribution in [-0.4, -0.2) is 16.1 Å². The van der Waals surface area contributed by atoms with Crippen molar-refractivity contribution in [1.29, 1.82) is 0 Å². The lowest BCUT2D eigenvalue weighted by molar-refractivity contribution is 0.102. The first-order chi connectivity index (χ1) is 9.72. The van der Waals surface area contributed by atoms with E-state index in [2.05, 4.69) is 15.5 Å². The Balaban J connectivity index is 1.76. The van der Waals surface area contributed by atoms with Gasteiger partial charge in [-0.25, -0.2) is 4.39 Å². The van der Waals surface area contributed by atoms with Gasteiger partial charge in [-0.15, -0.1) is 11.3 Å². The zero-order valence-electron chi connectivity index (χ0n) is 10.3. The maximum atomic E-state index is 12.8. The van der Waals surface area contributed by atoms with E-state index in [1.807, 2.05) is 17.5 Å². The van der Waals surface area contributed by atoms with Crippen LogP contribution in [0.5, 0.6) is 0 Å². The molecular formula is C14H10FN3OS. The summed E-state index contributed by atoms with van der Waals surface area (Å²) in [6.45, 7) is 0. The van der Waals surface area contributed by atoms with Gasteiger partial charge >= 0.3 is 0 Å². The van der Waals surface area contributed by atoms with Crippen molar-refractivity contribution in [2.45, 2.75) is 0 Å². The van der Waals surface area contributed by atoms with Gasteiger partial charge in [0.15, 0.2) is 5.69 Å². The number of halogens is 1. The maximum Gasteiger partial charge on any atom is 0.276 e. The fraction of sp³-hybridized carbons (Fsp3) is 0. The molecule has 20 heavy (non-hydrogen) atoms. The number of nitrogens with one attached hydrogen (secondary N) is 2. The number of rotatable bonds is 3. The fourth-order valence-corrected chi connectivity index (χ4v) is 2.42. The summed E-state index contributed by atoms with van der Waals surface area (Å²) in [4.78, 5) is 13.0. The zero-order chi connectivity index (χ0) is 13.9. The van der Waals surface area contributed by atoms with Gasteiger partial charge in [-0.3, -0.25) is 9.89 Å². The molecule has 1 amide bonds. The Bertz CT molecular complexity index is 719. The number of anilines is 1. The van der Waals surface area contributed by atoms with Crippen molar-refractivity contribution in [2.75, 3.05) is 5.32 Å². The molecule has 0 atom stereocenters. The number of carbonyl (C=O) groups excluding carboxylic acids is 1. The third-order valence-corrected chi connectivity index (χ3v) is 3.60. The molecule has 0 radical (unpaired) electrons. The number of hydrogen-bond donors (Lipinski definition) is 2. The average Bonchev–Trinajstić information content (AvgIpc) is 3.11. The predicted octanol–water partition coefficient (Wildman–Crippen LogP) is 3.53. The Hall–Kier alpha value is -2.47. The molecule has 0 unspecified atom stereocenters. The van der Waals surface area contributed by atoms with Crippen molar-refractivity contribution in [3.05, 3.63) is 59.4 Å². The van der Waals surface area contributed by atoms with Gasteiger partial charge in [-0.2, -0.15) is 5.10 Å². The van der Waals surface area contributed by atoms with Crippen LogP contribution in [0, 0.1) is 5.82 Å². The van der Waals surface area contributed by atoms with Crippen LogP contribution in [0.15, 0.2) is 47.8 Å². The molecule has 2 heterocycles. The second-order valence-electron chi connectivity index (χ2n) is 4.11. The van der Waals surface area contributed by atoms with Crippen LogP contribution < -0.4 is 5.32 Å². The molecule has 2 aromatic heterocycles. The van der Waals surface area contributed by atoms with Gasteiger partial charge in [-0.05, 0) is 41.8 Å². The van der Waals surface area contributed by atoms with Gasteiger partial charge in [0.2, 0.25) is 0 Å². The Labute approximate surface area is 118 Å². The number of amides is 1. The zero-order valence-corrected chi connectivity index (χ0v) is 11.1.